The predicted octanol–water partition coefficient (Wildman–Crippen LogP) is 6.01. The van der Waals surface area contributed by atoms with E-state index >= 15 is 0 Å². The maximum absolute atomic E-state index is 12.4. The molecule has 0 unspecified atom stereocenters. The van der Waals surface area contributed by atoms with Crippen LogP contribution >= 0.6 is 31.9 Å². The van der Waals surface area contributed by atoms with Crippen molar-refractivity contribution in [3.8, 4) is 11.5 Å². The van der Waals surface area contributed by atoms with Crippen LogP contribution in [0, 0.1) is 0 Å². The lowest BCUT2D eigenvalue weighted by Crippen LogP contribution is -2.16. The number of halogens is 2. The number of methoxy groups -OCH3 is 1. The van der Waals surface area contributed by atoms with E-state index in [1.54, 1.807) is 36.4 Å². The Morgan fingerprint density at radius 2 is 1.83 bits per heavy atom. The molecule has 3 aromatic carbocycles. The second-order valence-electron chi connectivity index (χ2n) is 7.32. The number of hydrogen-bond acceptors (Lipinski definition) is 6. The van der Waals surface area contributed by atoms with Crippen molar-refractivity contribution < 1.29 is 28.6 Å². The van der Waals surface area contributed by atoms with Gasteiger partial charge in [0.2, 0.25) is 0 Å². The summed E-state index contributed by atoms with van der Waals surface area (Å²) in [5.74, 6) is -0.341. The number of hydrogen-bond donors (Lipinski definition) is 2. The Balaban J connectivity index is 1.39. The number of nitrogens with one attached hydrogen (secondary N) is 1. The summed E-state index contributed by atoms with van der Waals surface area (Å²) in [5, 5.41) is 13.8. The average molecular weight is 602 g/mol. The first-order valence-corrected chi connectivity index (χ1v) is 11.8. The van der Waals surface area contributed by atoms with Crippen LogP contribution in [0.25, 0.3) is 11.0 Å². The van der Waals surface area contributed by atoms with Crippen LogP contribution in [-0.2, 0) is 6.61 Å². The molecule has 1 heterocycles. The number of amides is 1. The summed E-state index contributed by atoms with van der Waals surface area (Å²) < 4.78 is 18.4. The third-order valence-corrected chi connectivity index (χ3v) is 5.97. The van der Waals surface area contributed by atoms with Crippen molar-refractivity contribution in [1.82, 2.24) is 5.43 Å². The van der Waals surface area contributed by atoms with Gasteiger partial charge in [0.1, 0.15) is 12.2 Å². The Labute approximate surface area is 216 Å². The summed E-state index contributed by atoms with van der Waals surface area (Å²) in [5.41, 5.74) is 4.72. The van der Waals surface area contributed by atoms with Crippen LogP contribution < -0.4 is 14.9 Å². The first-order chi connectivity index (χ1) is 16.8. The highest BCUT2D eigenvalue weighted by molar-refractivity contribution is 9.11. The first-order valence-electron chi connectivity index (χ1n) is 10.2. The number of nitrogens with zero attached hydrogens (tertiary/aromatic N) is 1. The van der Waals surface area contributed by atoms with Crippen molar-refractivity contribution in [3.63, 3.8) is 0 Å². The van der Waals surface area contributed by atoms with Gasteiger partial charge in [-0.05, 0) is 75.6 Å². The van der Waals surface area contributed by atoms with E-state index < -0.39 is 11.9 Å². The van der Waals surface area contributed by atoms with Crippen molar-refractivity contribution in [2.24, 2.45) is 5.10 Å². The fourth-order valence-corrected chi connectivity index (χ4v) is 4.54. The molecule has 0 bridgehead atoms. The van der Waals surface area contributed by atoms with Crippen molar-refractivity contribution in [2.75, 3.05) is 7.11 Å². The Hall–Kier alpha value is -3.63. The van der Waals surface area contributed by atoms with Gasteiger partial charge < -0.3 is 19.0 Å². The SMILES string of the molecule is COc1cc(/C=N\NC(=O)c2cc3cc(Br)cc(Br)c3o2)ccc1OCc1ccc(C(=O)O)cc1. The smallest absolute Gasteiger partial charge is 0.335 e. The van der Waals surface area contributed by atoms with Gasteiger partial charge in [-0.1, -0.05) is 28.1 Å². The van der Waals surface area contributed by atoms with Crippen molar-refractivity contribution in [1.29, 1.82) is 0 Å². The van der Waals surface area contributed by atoms with Crippen molar-refractivity contribution >= 4 is 60.9 Å². The molecule has 0 fully saturated rings. The number of furan rings is 1. The third kappa shape index (κ3) is 5.90. The summed E-state index contributed by atoms with van der Waals surface area (Å²) in [4.78, 5) is 23.4. The lowest BCUT2D eigenvalue weighted by molar-refractivity contribution is 0.0696. The monoisotopic (exact) mass is 600 g/mol. The minimum Gasteiger partial charge on any atom is -0.493 e. The highest BCUT2D eigenvalue weighted by Gasteiger charge is 2.14. The largest absolute Gasteiger partial charge is 0.493 e. The minimum atomic E-state index is -0.980. The molecular formula is C25H18Br2N2O6. The van der Waals surface area contributed by atoms with Gasteiger partial charge in [-0.2, -0.15) is 5.10 Å². The Morgan fingerprint density at radius 1 is 1.06 bits per heavy atom. The van der Waals surface area contributed by atoms with Gasteiger partial charge in [-0.25, -0.2) is 10.2 Å². The molecular weight excluding hydrogens is 584 g/mol. The Bertz CT molecular complexity index is 1430. The molecule has 2 N–H and O–H groups in total. The van der Waals surface area contributed by atoms with Gasteiger partial charge in [-0.3, -0.25) is 4.79 Å². The number of carboxylic acid groups (broad SMARTS) is 1. The molecule has 8 nitrogen and oxygen atoms in total. The number of carboxylic acids is 1. The predicted molar refractivity (Wildman–Crippen MR) is 137 cm³/mol. The summed E-state index contributed by atoms with van der Waals surface area (Å²) in [6.07, 6.45) is 1.48. The van der Waals surface area contributed by atoms with Crippen LogP contribution in [0.15, 0.2) is 79.1 Å². The average Bonchev–Trinajstić information content (AvgIpc) is 3.28. The number of carbonyl (C=O) groups excluding carboxylic acids is 1. The molecule has 0 atom stereocenters. The second kappa shape index (κ2) is 10.7. The quantitative estimate of drug-likeness (QED) is 0.189. The van der Waals surface area contributed by atoms with E-state index in [0.717, 1.165) is 19.9 Å². The van der Waals surface area contributed by atoms with Gasteiger partial charge in [0.05, 0.1) is 23.4 Å². The first kappa shape index (κ1) is 24.5. The lowest BCUT2D eigenvalue weighted by Gasteiger charge is -2.11. The maximum atomic E-state index is 12.4. The minimum absolute atomic E-state index is 0.133. The maximum Gasteiger partial charge on any atom is 0.335 e. The van der Waals surface area contributed by atoms with Crippen LogP contribution in [0.1, 0.15) is 32.0 Å². The van der Waals surface area contributed by atoms with Crippen LogP contribution in [-0.4, -0.2) is 30.3 Å². The van der Waals surface area contributed by atoms with Gasteiger partial charge in [0, 0.05) is 9.86 Å². The zero-order chi connectivity index (χ0) is 24.9. The zero-order valence-corrected chi connectivity index (χ0v) is 21.4. The standard InChI is InChI=1S/C25H18Br2N2O6/c1-33-21-8-15(4-7-20(21)34-13-14-2-5-16(6-3-14)25(31)32)12-28-29-24(30)22-10-17-9-18(26)11-19(27)23(17)35-22/h2-12H,13H2,1H3,(H,29,30)(H,31,32)/b28-12-. The molecule has 0 aliphatic rings. The van der Waals surface area contributed by atoms with Crippen LogP contribution in [0.4, 0.5) is 0 Å². The molecule has 4 rings (SSSR count). The molecule has 178 valence electrons. The highest BCUT2D eigenvalue weighted by Crippen LogP contribution is 2.31. The van der Waals surface area contributed by atoms with Gasteiger partial charge in [0.25, 0.3) is 0 Å². The van der Waals surface area contributed by atoms with E-state index in [0.29, 0.717) is 22.6 Å². The number of fused-ring (bicyclic) bond motifs is 1. The second-order valence-corrected chi connectivity index (χ2v) is 9.09. The van der Waals surface area contributed by atoms with Gasteiger partial charge in [-0.15, -0.1) is 0 Å². The van der Waals surface area contributed by atoms with Gasteiger partial charge >= 0.3 is 11.9 Å². The zero-order valence-electron chi connectivity index (χ0n) is 18.2. The molecule has 0 aliphatic carbocycles. The third-order valence-electron chi connectivity index (χ3n) is 4.92. The van der Waals surface area contributed by atoms with E-state index in [9.17, 15) is 9.59 Å². The number of hydrazone groups is 1. The molecule has 10 heteroatoms. The molecule has 4 aromatic rings. The van der Waals surface area contributed by atoms with E-state index in [1.807, 2.05) is 12.1 Å². The van der Waals surface area contributed by atoms with Crippen molar-refractivity contribution in [2.45, 2.75) is 6.61 Å². The molecule has 1 aromatic heterocycles. The summed E-state index contributed by atoms with van der Waals surface area (Å²) in [6, 6.07) is 17.0. The van der Waals surface area contributed by atoms with Crippen LogP contribution in [0.2, 0.25) is 0 Å². The van der Waals surface area contributed by atoms with Crippen molar-refractivity contribution in [3.05, 3.63) is 92.1 Å². The molecule has 0 saturated heterocycles. The Morgan fingerprint density at radius 3 is 2.54 bits per heavy atom. The van der Waals surface area contributed by atoms with E-state index in [1.165, 1.54) is 25.5 Å². The fraction of sp³-hybridized carbons (Fsp3) is 0.0800. The van der Waals surface area contributed by atoms with E-state index in [-0.39, 0.29) is 17.9 Å². The molecule has 0 spiro atoms. The summed E-state index contributed by atoms with van der Waals surface area (Å²) >= 11 is 6.83. The number of rotatable bonds is 8. The summed E-state index contributed by atoms with van der Waals surface area (Å²) in [6.45, 7) is 0.240. The highest BCUT2D eigenvalue weighted by atomic mass is 79.9. The lowest BCUT2D eigenvalue weighted by atomic mass is 10.1. The molecule has 35 heavy (non-hydrogen) atoms. The summed E-state index contributed by atoms with van der Waals surface area (Å²) in [7, 11) is 1.52. The molecule has 0 saturated carbocycles. The number of aromatic carboxylic acids is 1. The number of benzene rings is 3. The topological polar surface area (TPSA) is 110 Å². The molecule has 1 amide bonds. The number of carbonyl (C=O) groups is 2. The van der Waals surface area contributed by atoms with Crippen LogP contribution in [0.5, 0.6) is 11.5 Å². The number of ether oxygens (including phenoxy) is 2. The fourth-order valence-electron chi connectivity index (χ4n) is 3.20. The Kier molecular flexibility index (Phi) is 7.52. The van der Waals surface area contributed by atoms with Crippen LogP contribution in [0.3, 0.4) is 0 Å². The van der Waals surface area contributed by atoms with Gasteiger partial charge in [0.15, 0.2) is 17.3 Å². The molecule has 0 radical (unpaired) electrons. The van der Waals surface area contributed by atoms with E-state index in [2.05, 4.69) is 42.4 Å². The normalized spacial score (nSPS) is 11.1. The molecule has 0 aliphatic heterocycles. The van der Waals surface area contributed by atoms with E-state index in [4.69, 9.17) is 19.0 Å².